The van der Waals surface area contributed by atoms with E-state index in [9.17, 15) is 9.59 Å². The zero-order valence-electron chi connectivity index (χ0n) is 18.3. The van der Waals surface area contributed by atoms with Crippen LogP contribution >= 0.6 is 34.8 Å². The lowest BCUT2D eigenvalue weighted by Crippen LogP contribution is -2.57. The van der Waals surface area contributed by atoms with Crippen LogP contribution in [0.1, 0.15) is 38.3 Å². The molecule has 11 heteroatoms. The van der Waals surface area contributed by atoms with Gasteiger partial charge >= 0.3 is 0 Å². The first-order valence-electron chi connectivity index (χ1n) is 10.8. The van der Waals surface area contributed by atoms with Crippen LogP contribution in [0.2, 0.25) is 15.1 Å². The van der Waals surface area contributed by atoms with E-state index in [-0.39, 0.29) is 23.9 Å². The van der Waals surface area contributed by atoms with Crippen LogP contribution in [0.25, 0.3) is 0 Å². The van der Waals surface area contributed by atoms with Gasteiger partial charge in [-0.05, 0) is 38.0 Å². The van der Waals surface area contributed by atoms with Crippen molar-refractivity contribution in [3.05, 3.63) is 45.0 Å². The smallest absolute Gasteiger partial charge is 0.245 e. The summed E-state index contributed by atoms with van der Waals surface area (Å²) in [5, 5.41) is 7.58. The number of hydrogen-bond acceptors (Lipinski definition) is 6. The van der Waals surface area contributed by atoms with Crippen molar-refractivity contribution in [2.75, 3.05) is 29.9 Å². The lowest BCUT2D eigenvalue weighted by Gasteiger charge is -2.40. The molecule has 33 heavy (non-hydrogen) atoms. The van der Waals surface area contributed by atoms with Gasteiger partial charge in [0.1, 0.15) is 11.1 Å². The van der Waals surface area contributed by atoms with Gasteiger partial charge in [0.05, 0.1) is 12.2 Å². The number of carbonyl (C=O) groups excluding carboxylic acids is 2. The van der Waals surface area contributed by atoms with E-state index in [2.05, 4.69) is 25.5 Å². The Balaban J connectivity index is 1.45. The number of nitrogens with one attached hydrogen (secondary N) is 2. The van der Waals surface area contributed by atoms with Gasteiger partial charge in [0, 0.05) is 42.1 Å². The molecule has 4 rings (SSSR count). The standard InChI is InChI=1S/C22H25Cl3N6O2/c1-12-11-30(21(33)18-5-6-19(32)28-18)7-8-31(12)22-26-10-17(25)20(29-22)27-13(2)15-4-3-14(23)9-16(15)24/h3-4,9-10,12-13,18H,5-8,11H2,1-2H3,(H,28,32)(H,26,27,29)/t12-,13+,18+/m0/s1. The summed E-state index contributed by atoms with van der Waals surface area (Å²) in [6, 6.07) is 4.76. The molecular weight excluding hydrogens is 487 g/mol. The van der Waals surface area contributed by atoms with Gasteiger partial charge in [-0.1, -0.05) is 40.9 Å². The van der Waals surface area contributed by atoms with Gasteiger partial charge in [0.15, 0.2) is 5.82 Å². The van der Waals surface area contributed by atoms with Gasteiger partial charge in [-0.15, -0.1) is 0 Å². The second-order valence-corrected chi connectivity index (χ2v) is 9.63. The van der Waals surface area contributed by atoms with Crippen LogP contribution in [0.5, 0.6) is 0 Å². The molecule has 0 saturated carbocycles. The van der Waals surface area contributed by atoms with Crippen molar-refractivity contribution in [1.82, 2.24) is 20.2 Å². The Hall–Kier alpha value is -2.29. The highest BCUT2D eigenvalue weighted by Crippen LogP contribution is 2.31. The molecule has 2 saturated heterocycles. The number of nitrogens with zero attached hydrogens (tertiary/aromatic N) is 4. The highest BCUT2D eigenvalue weighted by molar-refractivity contribution is 6.35. The lowest BCUT2D eigenvalue weighted by atomic mass is 10.1. The maximum atomic E-state index is 12.8. The highest BCUT2D eigenvalue weighted by atomic mass is 35.5. The molecule has 3 atom stereocenters. The van der Waals surface area contributed by atoms with Gasteiger partial charge in [-0.2, -0.15) is 4.98 Å². The summed E-state index contributed by atoms with van der Waals surface area (Å²) in [6.45, 7) is 5.61. The van der Waals surface area contributed by atoms with E-state index in [4.69, 9.17) is 34.8 Å². The minimum absolute atomic E-state index is 0.00281. The highest BCUT2D eigenvalue weighted by Gasteiger charge is 2.35. The molecular formula is C22H25Cl3N6O2. The molecule has 0 spiro atoms. The van der Waals surface area contributed by atoms with Gasteiger partial charge in [0.25, 0.3) is 0 Å². The molecule has 2 aromatic rings. The third-order valence-electron chi connectivity index (χ3n) is 6.00. The molecule has 3 heterocycles. The minimum Gasteiger partial charge on any atom is -0.362 e. The molecule has 2 N–H and O–H groups in total. The Bertz CT molecular complexity index is 1070. The topological polar surface area (TPSA) is 90.5 Å². The number of halogens is 3. The fraction of sp³-hybridized carbons (Fsp3) is 0.455. The molecule has 176 valence electrons. The number of hydrogen-bond donors (Lipinski definition) is 2. The van der Waals surface area contributed by atoms with E-state index in [1.807, 2.05) is 19.9 Å². The molecule has 0 aliphatic carbocycles. The third-order valence-corrected chi connectivity index (χ3v) is 6.84. The average molecular weight is 512 g/mol. The third kappa shape index (κ3) is 5.28. The molecule has 1 aromatic heterocycles. The number of rotatable bonds is 5. The molecule has 0 bridgehead atoms. The van der Waals surface area contributed by atoms with E-state index < -0.39 is 6.04 Å². The van der Waals surface area contributed by atoms with Crippen LogP contribution in [0.3, 0.4) is 0 Å². The largest absolute Gasteiger partial charge is 0.362 e. The van der Waals surface area contributed by atoms with Crippen molar-refractivity contribution < 1.29 is 9.59 Å². The maximum Gasteiger partial charge on any atom is 0.245 e. The number of amides is 2. The Kier molecular flexibility index (Phi) is 7.16. The van der Waals surface area contributed by atoms with E-state index in [0.717, 1.165) is 5.56 Å². The Morgan fingerprint density at radius 3 is 2.70 bits per heavy atom. The first-order chi connectivity index (χ1) is 15.7. The molecule has 2 amide bonds. The van der Waals surface area contributed by atoms with Gasteiger partial charge < -0.3 is 20.4 Å². The van der Waals surface area contributed by atoms with E-state index >= 15 is 0 Å². The van der Waals surface area contributed by atoms with Crippen LogP contribution in [0, 0.1) is 0 Å². The van der Waals surface area contributed by atoms with Crippen molar-refractivity contribution in [3.63, 3.8) is 0 Å². The van der Waals surface area contributed by atoms with Crippen molar-refractivity contribution in [3.8, 4) is 0 Å². The summed E-state index contributed by atoms with van der Waals surface area (Å²) >= 11 is 18.7. The lowest BCUT2D eigenvalue weighted by molar-refractivity contribution is -0.135. The number of benzene rings is 1. The van der Waals surface area contributed by atoms with E-state index in [1.54, 1.807) is 23.2 Å². The second kappa shape index (κ2) is 9.91. The Labute approximate surface area is 207 Å². The second-order valence-electron chi connectivity index (χ2n) is 8.38. The van der Waals surface area contributed by atoms with Crippen LogP contribution in [-0.2, 0) is 9.59 Å². The summed E-state index contributed by atoms with van der Waals surface area (Å²) in [7, 11) is 0. The van der Waals surface area contributed by atoms with E-state index in [0.29, 0.717) is 59.3 Å². The molecule has 2 aliphatic heterocycles. The molecule has 1 aromatic carbocycles. The summed E-state index contributed by atoms with van der Waals surface area (Å²) in [6.07, 6.45) is 2.53. The molecule has 2 fully saturated rings. The van der Waals surface area contributed by atoms with Crippen molar-refractivity contribution in [1.29, 1.82) is 0 Å². The average Bonchev–Trinajstić information content (AvgIpc) is 3.21. The van der Waals surface area contributed by atoms with Crippen LogP contribution in [-0.4, -0.2) is 58.4 Å². The SMILES string of the molecule is C[C@@H](Nc1nc(N2CCN(C(=O)[C@H]3CCC(=O)N3)C[C@@H]2C)ncc1Cl)c1ccc(Cl)cc1Cl. The summed E-state index contributed by atoms with van der Waals surface area (Å²) in [4.78, 5) is 37.2. The fourth-order valence-corrected chi connectivity index (χ4v) is 4.93. The fourth-order valence-electron chi connectivity index (χ4n) is 4.21. The van der Waals surface area contributed by atoms with Gasteiger partial charge in [-0.25, -0.2) is 4.98 Å². The summed E-state index contributed by atoms with van der Waals surface area (Å²) < 4.78 is 0. The Morgan fingerprint density at radius 1 is 1.24 bits per heavy atom. The number of anilines is 2. The molecule has 8 nitrogen and oxygen atoms in total. The predicted molar refractivity (Wildman–Crippen MR) is 130 cm³/mol. The first-order valence-corrected chi connectivity index (χ1v) is 11.9. The minimum atomic E-state index is -0.417. The van der Waals surface area contributed by atoms with Crippen LogP contribution in [0.4, 0.5) is 11.8 Å². The van der Waals surface area contributed by atoms with Crippen molar-refractivity contribution in [2.45, 2.75) is 44.8 Å². The van der Waals surface area contributed by atoms with Crippen LogP contribution < -0.4 is 15.5 Å². The van der Waals surface area contributed by atoms with E-state index in [1.165, 1.54) is 0 Å². The van der Waals surface area contributed by atoms with Crippen LogP contribution in [0.15, 0.2) is 24.4 Å². The zero-order valence-corrected chi connectivity index (χ0v) is 20.6. The molecule has 0 radical (unpaired) electrons. The van der Waals surface area contributed by atoms with Crippen molar-refractivity contribution in [2.24, 2.45) is 0 Å². The monoisotopic (exact) mass is 510 g/mol. The summed E-state index contributed by atoms with van der Waals surface area (Å²) in [5.41, 5.74) is 0.872. The number of aromatic nitrogens is 2. The Morgan fingerprint density at radius 2 is 2.03 bits per heavy atom. The first kappa shape index (κ1) is 23.9. The predicted octanol–water partition coefficient (Wildman–Crippen LogP) is 3.93. The van der Waals surface area contributed by atoms with Gasteiger partial charge in [-0.3, -0.25) is 9.59 Å². The normalized spacial score (nSPS) is 21.7. The summed E-state index contributed by atoms with van der Waals surface area (Å²) in [5.74, 6) is 0.939. The van der Waals surface area contributed by atoms with Gasteiger partial charge in [0.2, 0.25) is 17.8 Å². The number of piperazine rings is 1. The maximum absolute atomic E-state index is 12.8. The van der Waals surface area contributed by atoms with Crippen molar-refractivity contribution >= 4 is 58.4 Å². The zero-order chi connectivity index (χ0) is 23.7. The number of carbonyl (C=O) groups is 2. The molecule has 2 aliphatic rings. The quantitative estimate of drug-likeness (QED) is 0.632. The molecule has 0 unspecified atom stereocenters.